The lowest BCUT2D eigenvalue weighted by atomic mass is 10.2. The molecule has 3 rings (SSSR count). The maximum absolute atomic E-state index is 13.2. The summed E-state index contributed by atoms with van der Waals surface area (Å²) in [5, 5.41) is 10.9. The number of hydrogen-bond donors (Lipinski definition) is 0. The number of nitro benzene ring substituents is 1. The SMILES string of the molecule is O=C1OC(c2ccc(Cl)c([N+](=O)[O-])c2)=N/C1=C/c1cccc(F)c1. The predicted octanol–water partition coefficient (Wildman–Crippen LogP) is 3.73. The fourth-order valence-electron chi connectivity index (χ4n) is 2.07. The molecule has 0 unspecified atom stereocenters. The minimum Gasteiger partial charge on any atom is -0.402 e. The minimum absolute atomic E-state index is 0.0341. The highest BCUT2D eigenvalue weighted by atomic mass is 35.5. The first kappa shape index (κ1) is 15.8. The van der Waals surface area contributed by atoms with Crippen LogP contribution in [0.4, 0.5) is 10.1 Å². The molecule has 8 heteroatoms. The van der Waals surface area contributed by atoms with E-state index >= 15 is 0 Å². The molecule has 6 nitrogen and oxygen atoms in total. The first-order chi connectivity index (χ1) is 11.4. The Labute approximate surface area is 140 Å². The van der Waals surface area contributed by atoms with Gasteiger partial charge in [0, 0.05) is 11.6 Å². The fourth-order valence-corrected chi connectivity index (χ4v) is 2.26. The molecule has 2 aromatic carbocycles. The second-order valence-electron chi connectivity index (χ2n) is 4.81. The van der Waals surface area contributed by atoms with Crippen molar-refractivity contribution in [3.8, 4) is 0 Å². The third-order valence-electron chi connectivity index (χ3n) is 3.16. The van der Waals surface area contributed by atoms with Crippen LogP contribution in [0.1, 0.15) is 11.1 Å². The summed E-state index contributed by atoms with van der Waals surface area (Å²) < 4.78 is 18.2. The third-order valence-corrected chi connectivity index (χ3v) is 3.48. The standard InChI is InChI=1S/C16H8ClFN2O4/c17-12-5-4-10(8-14(12)20(22)23)15-19-13(16(21)24-15)7-9-2-1-3-11(18)6-9/h1-8H/b13-7+. The van der Waals surface area contributed by atoms with Gasteiger partial charge in [0.25, 0.3) is 5.69 Å². The van der Waals surface area contributed by atoms with Crippen molar-refractivity contribution < 1.29 is 18.8 Å². The Balaban J connectivity index is 1.98. The van der Waals surface area contributed by atoms with Crippen LogP contribution in [0.25, 0.3) is 6.08 Å². The molecule has 2 aromatic rings. The molecule has 0 aliphatic carbocycles. The maximum Gasteiger partial charge on any atom is 0.363 e. The summed E-state index contributed by atoms with van der Waals surface area (Å²) in [4.78, 5) is 26.2. The monoisotopic (exact) mass is 346 g/mol. The minimum atomic E-state index is -0.730. The van der Waals surface area contributed by atoms with Crippen LogP contribution < -0.4 is 0 Å². The van der Waals surface area contributed by atoms with Gasteiger partial charge < -0.3 is 4.74 Å². The quantitative estimate of drug-likeness (QED) is 0.367. The third kappa shape index (κ3) is 3.16. The van der Waals surface area contributed by atoms with Gasteiger partial charge in [0.15, 0.2) is 5.70 Å². The van der Waals surface area contributed by atoms with Gasteiger partial charge in [0.1, 0.15) is 10.8 Å². The van der Waals surface area contributed by atoms with Crippen LogP contribution >= 0.6 is 11.6 Å². The van der Waals surface area contributed by atoms with Gasteiger partial charge in [-0.1, -0.05) is 23.7 Å². The van der Waals surface area contributed by atoms with Crippen molar-refractivity contribution in [3.05, 3.63) is 80.2 Å². The van der Waals surface area contributed by atoms with Gasteiger partial charge in [-0.05, 0) is 35.9 Å². The number of carbonyl (C=O) groups excluding carboxylic acids is 1. The van der Waals surface area contributed by atoms with Gasteiger partial charge >= 0.3 is 5.97 Å². The molecule has 1 heterocycles. The number of ether oxygens (including phenoxy) is 1. The van der Waals surface area contributed by atoms with E-state index in [1.165, 1.54) is 42.5 Å². The molecular weight excluding hydrogens is 339 g/mol. The van der Waals surface area contributed by atoms with Crippen LogP contribution in [0.15, 0.2) is 53.2 Å². The van der Waals surface area contributed by atoms with E-state index < -0.39 is 16.7 Å². The van der Waals surface area contributed by atoms with Crippen molar-refractivity contribution in [1.29, 1.82) is 0 Å². The molecule has 1 aliphatic heterocycles. The summed E-state index contributed by atoms with van der Waals surface area (Å²) in [6.07, 6.45) is 1.36. The zero-order valence-electron chi connectivity index (χ0n) is 11.9. The molecule has 0 fully saturated rings. The van der Waals surface area contributed by atoms with Crippen LogP contribution in [0.3, 0.4) is 0 Å². The molecule has 0 aromatic heterocycles. The molecule has 0 atom stereocenters. The lowest BCUT2D eigenvalue weighted by molar-refractivity contribution is -0.384. The van der Waals surface area contributed by atoms with E-state index in [0.29, 0.717) is 5.56 Å². The van der Waals surface area contributed by atoms with Gasteiger partial charge in [-0.3, -0.25) is 10.1 Å². The first-order valence-corrected chi connectivity index (χ1v) is 7.04. The van der Waals surface area contributed by atoms with Crippen LogP contribution in [-0.4, -0.2) is 16.8 Å². The Bertz CT molecular complexity index is 924. The normalized spacial score (nSPS) is 15.3. The number of rotatable bonds is 3. The van der Waals surface area contributed by atoms with E-state index in [-0.39, 0.29) is 27.9 Å². The van der Waals surface area contributed by atoms with Crippen molar-refractivity contribution in [1.82, 2.24) is 0 Å². The average Bonchev–Trinajstić information content (AvgIpc) is 2.88. The van der Waals surface area contributed by atoms with E-state index in [9.17, 15) is 19.3 Å². The molecule has 0 saturated heterocycles. The number of esters is 1. The summed E-state index contributed by atoms with van der Waals surface area (Å²) in [6, 6.07) is 9.54. The number of nitro groups is 1. The summed E-state index contributed by atoms with van der Waals surface area (Å²) in [5.41, 5.74) is 0.319. The van der Waals surface area contributed by atoms with Crippen molar-refractivity contribution in [3.63, 3.8) is 0 Å². The van der Waals surface area contributed by atoms with Gasteiger partial charge in [0.2, 0.25) is 5.90 Å². The zero-order chi connectivity index (χ0) is 17.3. The van der Waals surface area contributed by atoms with Crippen molar-refractivity contribution in [2.24, 2.45) is 4.99 Å². The van der Waals surface area contributed by atoms with E-state index in [2.05, 4.69) is 4.99 Å². The Morgan fingerprint density at radius 3 is 2.75 bits per heavy atom. The Kier molecular flexibility index (Phi) is 4.09. The smallest absolute Gasteiger partial charge is 0.363 e. The summed E-state index contributed by atoms with van der Waals surface area (Å²) in [6.45, 7) is 0. The predicted molar refractivity (Wildman–Crippen MR) is 85.1 cm³/mol. The first-order valence-electron chi connectivity index (χ1n) is 6.66. The zero-order valence-corrected chi connectivity index (χ0v) is 12.7. The molecule has 0 bridgehead atoms. The molecule has 0 saturated carbocycles. The Morgan fingerprint density at radius 1 is 1.25 bits per heavy atom. The van der Waals surface area contributed by atoms with Crippen molar-refractivity contribution in [2.45, 2.75) is 0 Å². The van der Waals surface area contributed by atoms with Gasteiger partial charge in [0.05, 0.1) is 4.92 Å². The number of nitrogens with zero attached hydrogens (tertiary/aromatic N) is 2. The fraction of sp³-hybridized carbons (Fsp3) is 0. The topological polar surface area (TPSA) is 81.8 Å². The number of carbonyl (C=O) groups is 1. The van der Waals surface area contributed by atoms with Crippen LogP contribution in [0, 0.1) is 15.9 Å². The highest BCUT2D eigenvalue weighted by molar-refractivity contribution is 6.32. The van der Waals surface area contributed by atoms with Crippen molar-refractivity contribution in [2.75, 3.05) is 0 Å². The van der Waals surface area contributed by atoms with Gasteiger partial charge in [-0.15, -0.1) is 0 Å². The number of hydrogen-bond acceptors (Lipinski definition) is 5. The summed E-state index contributed by atoms with van der Waals surface area (Å²) >= 11 is 5.74. The molecule has 120 valence electrons. The lowest BCUT2D eigenvalue weighted by Gasteiger charge is -2.00. The molecule has 0 N–H and O–H groups in total. The molecule has 0 radical (unpaired) electrons. The van der Waals surface area contributed by atoms with Gasteiger partial charge in [-0.25, -0.2) is 14.2 Å². The highest BCUT2D eigenvalue weighted by Gasteiger charge is 2.26. The highest BCUT2D eigenvalue weighted by Crippen LogP contribution is 2.27. The Morgan fingerprint density at radius 2 is 2.04 bits per heavy atom. The number of benzene rings is 2. The number of aliphatic imine (C=N–C) groups is 1. The van der Waals surface area contributed by atoms with E-state index in [1.807, 2.05) is 0 Å². The molecule has 0 spiro atoms. The maximum atomic E-state index is 13.2. The summed E-state index contributed by atoms with van der Waals surface area (Å²) in [7, 11) is 0. The average molecular weight is 347 g/mol. The second kappa shape index (κ2) is 6.21. The van der Waals surface area contributed by atoms with Crippen LogP contribution in [-0.2, 0) is 9.53 Å². The number of halogens is 2. The molecule has 0 amide bonds. The van der Waals surface area contributed by atoms with Crippen molar-refractivity contribution >= 4 is 35.2 Å². The van der Waals surface area contributed by atoms with Crippen LogP contribution in [0.2, 0.25) is 5.02 Å². The van der Waals surface area contributed by atoms with E-state index in [0.717, 1.165) is 0 Å². The second-order valence-corrected chi connectivity index (χ2v) is 5.22. The molecule has 24 heavy (non-hydrogen) atoms. The lowest BCUT2D eigenvalue weighted by Crippen LogP contribution is -2.06. The van der Waals surface area contributed by atoms with Gasteiger partial charge in [-0.2, -0.15) is 0 Å². The van der Waals surface area contributed by atoms with E-state index in [4.69, 9.17) is 16.3 Å². The molecular formula is C16H8ClFN2O4. The largest absolute Gasteiger partial charge is 0.402 e. The summed E-state index contributed by atoms with van der Waals surface area (Å²) in [5.74, 6) is -1.26. The van der Waals surface area contributed by atoms with E-state index in [1.54, 1.807) is 6.07 Å². The number of cyclic esters (lactones) is 1. The molecule has 1 aliphatic rings. The van der Waals surface area contributed by atoms with Crippen LogP contribution in [0.5, 0.6) is 0 Å². The Hall–Kier alpha value is -3.06.